The number of nitrogens with one attached hydrogen (secondary N) is 1. The molecule has 0 aliphatic carbocycles. The molecule has 0 spiro atoms. The predicted molar refractivity (Wildman–Crippen MR) is 137 cm³/mol. The Hall–Kier alpha value is -1.72. The number of piperidine rings is 1. The smallest absolute Gasteiger partial charge is 0.275 e. The molecule has 1 saturated heterocycles. The maximum atomic E-state index is 12.9. The molecule has 0 saturated carbocycles. The van der Waals surface area contributed by atoms with Gasteiger partial charge < -0.3 is 10.2 Å². The van der Waals surface area contributed by atoms with Gasteiger partial charge in [0.1, 0.15) is 5.69 Å². The Morgan fingerprint density at radius 1 is 1.22 bits per heavy atom. The molecule has 2 heterocycles. The van der Waals surface area contributed by atoms with Gasteiger partial charge in [0.25, 0.3) is 5.91 Å². The molecule has 176 valence electrons. The highest BCUT2D eigenvalue weighted by Gasteiger charge is 2.25. The van der Waals surface area contributed by atoms with Crippen LogP contribution in [0.5, 0.6) is 0 Å². The topological polar surface area (TPSA) is 45.2 Å². The molecule has 1 N–H and O–H groups in total. The number of hydrogen-bond acceptors (Lipinski definition) is 4. The lowest BCUT2D eigenvalue weighted by atomic mass is 9.86. The Morgan fingerprint density at radius 3 is 2.59 bits per heavy atom. The number of anilines is 1. The first-order valence-electron chi connectivity index (χ1n) is 12.4. The van der Waals surface area contributed by atoms with Crippen LogP contribution in [0.25, 0.3) is 0 Å². The average Bonchev–Trinajstić information content (AvgIpc) is 3.27. The van der Waals surface area contributed by atoms with Gasteiger partial charge in [-0.25, -0.2) is 4.98 Å². The van der Waals surface area contributed by atoms with E-state index in [4.69, 9.17) is 4.98 Å². The van der Waals surface area contributed by atoms with E-state index in [0.717, 1.165) is 48.1 Å². The van der Waals surface area contributed by atoms with Crippen molar-refractivity contribution in [3.63, 3.8) is 0 Å². The van der Waals surface area contributed by atoms with Crippen LogP contribution in [0.3, 0.4) is 0 Å². The summed E-state index contributed by atoms with van der Waals surface area (Å²) >= 11 is 1.64. The molecule has 1 fully saturated rings. The summed E-state index contributed by atoms with van der Waals surface area (Å²) in [6.07, 6.45) is 7.57. The molecular weight excluding hydrogens is 414 g/mol. The Kier molecular flexibility index (Phi) is 8.89. The molecule has 1 atom stereocenters. The zero-order valence-electron chi connectivity index (χ0n) is 20.6. The van der Waals surface area contributed by atoms with Gasteiger partial charge in [-0.2, -0.15) is 0 Å². The SMILES string of the molecule is CCCCC(CC)CN1CCC(c2nc(C(=O)Nc3ccccc3C(C)(C)C)cs2)CC1. The molecule has 1 unspecified atom stereocenters. The van der Waals surface area contributed by atoms with Gasteiger partial charge in [0.2, 0.25) is 0 Å². The average molecular weight is 456 g/mol. The number of benzene rings is 1. The van der Waals surface area contributed by atoms with Crippen LogP contribution in [0.2, 0.25) is 0 Å². The van der Waals surface area contributed by atoms with Crippen LogP contribution in [0.1, 0.15) is 100 Å². The molecular formula is C27H41N3OS. The van der Waals surface area contributed by atoms with Crippen molar-refractivity contribution in [2.24, 2.45) is 5.92 Å². The van der Waals surface area contributed by atoms with Crippen molar-refractivity contribution in [1.82, 2.24) is 9.88 Å². The van der Waals surface area contributed by atoms with E-state index in [1.165, 1.54) is 32.2 Å². The first kappa shape index (κ1) is 24.9. The standard InChI is InChI=1S/C27H41N3OS/c1-6-8-11-20(7-2)18-30-16-14-21(15-17-30)26-29-24(19-32-26)25(31)28-23-13-10-9-12-22(23)27(3,4)5/h9-10,12-13,19-21H,6-8,11,14-18H2,1-5H3,(H,28,31). The van der Waals surface area contributed by atoms with Crippen molar-refractivity contribution in [3.8, 4) is 0 Å². The summed E-state index contributed by atoms with van der Waals surface area (Å²) in [4.78, 5) is 20.3. The normalized spacial score (nSPS) is 16.8. The molecule has 2 aromatic rings. The molecule has 1 aliphatic heterocycles. The van der Waals surface area contributed by atoms with Gasteiger partial charge in [0.05, 0.1) is 5.01 Å². The minimum Gasteiger partial charge on any atom is -0.320 e. The maximum Gasteiger partial charge on any atom is 0.275 e. The lowest BCUT2D eigenvalue weighted by Crippen LogP contribution is -2.36. The third-order valence-corrected chi connectivity index (χ3v) is 7.74. The molecule has 1 aromatic carbocycles. The minimum absolute atomic E-state index is 0.0294. The number of para-hydroxylation sites is 1. The molecule has 5 heteroatoms. The summed E-state index contributed by atoms with van der Waals surface area (Å²) in [6.45, 7) is 14.6. The third kappa shape index (κ3) is 6.64. The highest BCUT2D eigenvalue weighted by molar-refractivity contribution is 7.10. The van der Waals surface area contributed by atoms with Crippen LogP contribution in [0.15, 0.2) is 29.6 Å². The molecule has 32 heavy (non-hydrogen) atoms. The fraction of sp³-hybridized carbons (Fsp3) is 0.630. The van der Waals surface area contributed by atoms with E-state index in [2.05, 4.69) is 50.9 Å². The van der Waals surface area contributed by atoms with Gasteiger partial charge >= 0.3 is 0 Å². The number of hydrogen-bond donors (Lipinski definition) is 1. The molecule has 3 rings (SSSR count). The second-order valence-corrected chi connectivity index (χ2v) is 11.2. The monoisotopic (exact) mass is 455 g/mol. The van der Waals surface area contributed by atoms with Gasteiger partial charge in [0, 0.05) is 23.5 Å². The lowest BCUT2D eigenvalue weighted by Gasteiger charge is -2.33. The van der Waals surface area contributed by atoms with Crippen LogP contribution >= 0.6 is 11.3 Å². The number of rotatable bonds is 9. The molecule has 1 amide bonds. The molecule has 0 radical (unpaired) electrons. The van der Waals surface area contributed by atoms with Gasteiger partial charge in [-0.3, -0.25) is 4.79 Å². The maximum absolute atomic E-state index is 12.9. The molecule has 4 nitrogen and oxygen atoms in total. The van der Waals surface area contributed by atoms with Crippen molar-refractivity contribution in [2.45, 2.75) is 84.5 Å². The van der Waals surface area contributed by atoms with Crippen LogP contribution < -0.4 is 5.32 Å². The number of aromatic nitrogens is 1. The lowest BCUT2D eigenvalue weighted by molar-refractivity contribution is 0.102. The summed E-state index contributed by atoms with van der Waals surface area (Å²) in [5, 5.41) is 6.15. The zero-order chi connectivity index (χ0) is 23.1. The van der Waals surface area contributed by atoms with Crippen LogP contribution in [0, 0.1) is 5.92 Å². The van der Waals surface area contributed by atoms with Crippen LogP contribution in [-0.2, 0) is 5.41 Å². The Balaban J connectivity index is 1.56. The van der Waals surface area contributed by atoms with Gasteiger partial charge in [-0.05, 0) is 55.3 Å². The number of nitrogens with zero attached hydrogens (tertiary/aromatic N) is 2. The molecule has 1 aromatic heterocycles. The van der Waals surface area contributed by atoms with Crippen LogP contribution in [0.4, 0.5) is 5.69 Å². The number of amides is 1. The number of unbranched alkanes of at least 4 members (excludes halogenated alkanes) is 1. The van der Waals surface area contributed by atoms with Gasteiger partial charge in [-0.15, -0.1) is 11.3 Å². The van der Waals surface area contributed by atoms with E-state index in [9.17, 15) is 4.79 Å². The van der Waals surface area contributed by atoms with Crippen molar-refractivity contribution in [3.05, 3.63) is 45.9 Å². The number of likely N-dealkylation sites (tertiary alicyclic amines) is 1. The summed E-state index contributed by atoms with van der Waals surface area (Å²) in [5.41, 5.74) is 2.53. The van der Waals surface area contributed by atoms with E-state index in [1.54, 1.807) is 11.3 Å². The van der Waals surface area contributed by atoms with E-state index >= 15 is 0 Å². The summed E-state index contributed by atoms with van der Waals surface area (Å²) in [7, 11) is 0. The Morgan fingerprint density at radius 2 is 1.94 bits per heavy atom. The number of carbonyl (C=O) groups excluding carboxylic acids is 1. The predicted octanol–water partition coefficient (Wildman–Crippen LogP) is 7.09. The molecule has 1 aliphatic rings. The Labute approximate surface area is 198 Å². The first-order chi connectivity index (χ1) is 15.3. The third-order valence-electron chi connectivity index (χ3n) is 6.73. The van der Waals surface area contributed by atoms with Crippen LogP contribution in [-0.4, -0.2) is 35.4 Å². The van der Waals surface area contributed by atoms with Gasteiger partial charge in [0.15, 0.2) is 0 Å². The number of thiazole rings is 1. The second kappa shape index (κ2) is 11.4. The zero-order valence-corrected chi connectivity index (χ0v) is 21.4. The quantitative estimate of drug-likeness (QED) is 0.439. The van der Waals surface area contributed by atoms with Crippen molar-refractivity contribution in [1.29, 1.82) is 0 Å². The number of carbonyl (C=O) groups is 1. The largest absolute Gasteiger partial charge is 0.320 e. The minimum atomic E-state index is -0.108. The highest BCUT2D eigenvalue weighted by Crippen LogP contribution is 2.32. The fourth-order valence-corrected chi connectivity index (χ4v) is 5.63. The van der Waals surface area contributed by atoms with E-state index in [0.29, 0.717) is 11.6 Å². The van der Waals surface area contributed by atoms with E-state index < -0.39 is 0 Å². The Bertz CT molecular complexity index is 862. The molecule has 0 bridgehead atoms. The van der Waals surface area contributed by atoms with Crippen molar-refractivity contribution in [2.75, 3.05) is 25.0 Å². The van der Waals surface area contributed by atoms with E-state index in [1.807, 2.05) is 23.6 Å². The van der Waals surface area contributed by atoms with Crippen molar-refractivity contribution >= 4 is 22.9 Å². The summed E-state index contributed by atoms with van der Waals surface area (Å²) < 4.78 is 0. The van der Waals surface area contributed by atoms with Crippen molar-refractivity contribution < 1.29 is 4.79 Å². The second-order valence-electron chi connectivity index (χ2n) is 10.3. The van der Waals surface area contributed by atoms with Gasteiger partial charge in [-0.1, -0.05) is 72.1 Å². The fourth-order valence-electron chi connectivity index (χ4n) is 4.66. The first-order valence-corrected chi connectivity index (χ1v) is 13.3. The summed E-state index contributed by atoms with van der Waals surface area (Å²) in [6, 6.07) is 8.05. The van der Waals surface area contributed by atoms with E-state index in [-0.39, 0.29) is 11.3 Å². The summed E-state index contributed by atoms with van der Waals surface area (Å²) in [5.74, 6) is 1.20. The highest BCUT2D eigenvalue weighted by atomic mass is 32.1.